The van der Waals surface area contributed by atoms with Crippen LogP contribution in [0.25, 0.3) is 16.9 Å². The molecule has 1 atom stereocenters. The van der Waals surface area contributed by atoms with Gasteiger partial charge in [-0.15, -0.1) is 0 Å². The number of benzene rings is 2. The van der Waals surface area contributed by atoms with Crippen molar-refractivity contribution in [3.8, 4) is 11.1 Å². The van der Waals surface area contributed by atoms with E-state index in [-0.39, 0.29) is 29.0 Å². The van der Waals surface area contributed by atoms with E-state index >= 15 is 0 Å². The van der Waals surface area contributed by atoms with Crippen molar-refractivity contribution in [2.24, 2.45) is 5.92 Å². The standard InChI is InChI=1S/C17H15ClF3N5.C15H21NO4/c1-9-2-4-25(5-3-9)16-14(13-11(20)6-10(19)7-12(13)21)15(18)24-17-22-8-23-26(16)17;1-10-7-6-8-11(2)14(10)16(13(17)9-19-4)12(3)15(18)20-5/h6-9H,2-5H2,1H3;6-8,12H,9H2,1-5H3/t;12-/m.1/s1. The fourth-order valence-electron chi connectivity index (χ4n) is 5.50. The zero-order chi connectivity index (χ0) is 33.7. The molecule has 1 amide bonds. The van der Waals surface area contributed by atoms with Gasteiger partial charge in [-0.1, -0.05) is 36.7 Å². The van der Waals surface area contributed by atoms with Crippen molar-refractivity contribution in [3.63, 3.8) is 0 Å². The SMILES string of the molecule is CC1CCN(c2c(-c3c(F)cc(F)cc3F)c(Cl)nc3ncnn23)CC1.COCC(=O)N(c1c(C)cccc1C)[C@H](C)C(=O)OC. The van der Waals surface area contributed by atoms with E-state index in [9.17, 15) is 22.8 Å². The number of hydrogen-bond acceptors (Lipinski definition) is 8. The van der Waals surface area contributed by atoms with Crippen LogP contribution >= 0.6 is 11.6 Å². The molecule has 1 fully saturated rings. The van der Waals surface area contributed by atoms with Gasteiger partial charge in [0.15, 0.2) is 0 Å². The second-order valence-electron chi connectivity index (χ2n) is 11.1. The molecule has 0 saturated carbocycles. The van der Waals surface area contributed by atoms with Crippen LogP contribution in [0.5, 0.6) is 0 Å². The van der Waals surface area contributed by atoms with E-state index in [0.717, 1.165) is 29.7 Å². The maximum absolute atomic E-state index is 14.5. The molecule has 10 nitrogen and oxygen atoms in total. The van der Waals surface area contributed by atoms with E-state index in [2.05, 4.69) is 22.0 Å². The van der Waals surface area contributed by atoms with E-state index < -0.39 is 35.0 Å². The number of ether oxygens (including phenoxy) is 2. The number of nitrogens with zero attached hydrogens (tertiary/aromatic N) is 6. The Balaban J connectivity index is 0.000000217. The lowest BCUT2D eigenvalue weighted by molar-refractivity contribution is -0.143. The molecule has 0 aliphatic carbocycles. The molecular formula is C32H36ClF3N6O4. The molecule has 1 saturated heterocycles. The third kappa shape index (κ3) is 7.26. The van der Waals surface area contributed by atoms with E-state index in [1.54, 1.807) is 6.92 Å². The highest BCUT2D eigenvalue weighted by Crippen LogP contribution is 2.40. The van der Waals surface area contributed by atoms with Crippen LogP contribution in [0, 0.1) is 37.2 Å². The maximum atomic E-state index is 14.5. The van der Waals surface area contributed by atoms with Crippen molar-refractivity contribution in [3.05, 3.63) is 70.4 Å². The first-order valence-electron chi connectivity index (χ1n) is 14.6. The Bertz CT molecular complexity index is 1680. The summed E-state index contributed by atoms with van der Waals surface area (Å²) in [4.78, 5) is 35.6. The first-order valence-corrected chi connectivity index (χ1v) is 15.0. The number of aryl methyl sites for hydroxylation is 2. The molecule has 0 radical (unpaired) electrons. The van der Waals surface area contributed by atoms with Crippen LogP contribution in [0.2, 0.25) is 5.15 Å². The summed E-state index contributed by atoms with van der Waals surface area (Å²) in [6.45, 7) is 8.86. The molecule has 3 heterocycles. The number of esters is 1. The van der Waals surface area contributed by atoms with Gasteiger partial charge in [-0.25, -0.2) is 18.0 Å². The van der Waals surface area contributed by atoms with Crippen LogP contribution in [-0.2, 0) is 19.1 Å². The second-order valence-corrected chi connectivity index (χ2v) is 11.5. The van der Waals surface area contributed by atoms with E-state index in [4.69, 9.17) is 21.1 Å². The Hall–Kier alpha value is -4.23. The minimum atomic E-state index is -1.04. The molecule has 246 valence electrons. The molecule has 0 unspecified atom stereocenters. The van der Waals surface area contributed by atoms with Gasteiger partial charge in [0.25, 0.3) is 11.7 Å². The van der Waals surface area contributed by atoms with Gasteiger partial charge in [0.2, 0.25) is 0 Å². The quantitative estimate of drug-likeness (QED) is 0.177. The summed E-state index contributed by atoms with van der Waals surface area (Å²) in [5.74, 6) is -2.63. The summed E-state index contributed by atoms with van der Waals surface area (Å²) in [6, 6.07) is 6.27. The smallest absolute Gasteiger partial charge is 0.328 e. The molecule has 46 heavy (non-hydrogen) atoms. The fraction of sp³-hybridized carbons (Fsp3) is 0.406. The van der Waals surface area contributed by atoms with Gasteiger partial charge in [0.1, 0.15) is 47.4 Å². The average Bonchev–Trinajstić information content (AvgIpc) is 3.47. The van der Waals surface area contributed by atoms with Gasteiger partial charge in [-0.05, 0) is 50.7 Å². The Morgan fingerprint density at radius 2 is 1.67 bits per heavy atom. The van der Waals surface area contributed by atoms with Crippen molar-refractivity contribution in [2.75, 3.05) is 43.7 Å². The molecule has 14 heteroatoms. The molecule has 2 aromatic heterocycles. The van der Waals surface area contributed by atoms with Crippen LogP contribution in [0.1, 0.15) is 37.8 Å². The Morgan fingerprint density at radius 3 is 2.24 bits per heavy atom. The minimum absolute atomic E-state index is 0.0502. The number of amides is 1. The van der Waals surface area contributed by atoms with Gasteiger partial charge < -0.3 is 14.4 Å². The normalized spacial score (nSPS) is 14.1. The van der Waals surface area contributed by atoms with Crippen molar-refractivity contribution in [2.45, 2.75) is 46.6 Å². The summed E-state index contributed by atoms with van der Waals surface area (Å²) in [5, 5.41) is 4.03. The van der Waals surface area contributed by atoms with Gasteiger partial charge in [0.05, 0.1) is 23.9 Å². The zero-order valence-corrected chi connectivity index (χ0v) is 27.2. The number of anilines is 2. The lowest BCUT2D eigenvalue weighted by Crippen LogP contribution is -2.46. The molecule has 4 aromatic rings. The summed E-state index contributed by atoms with van der Waals surface area (Å²) in [7, 11) is 2.76. The fourth-order valence-corrected chi connectivity index (χ4v) is 5.75. The first kappa shape index (κ1) is 34.6. The predicted octanol–water partition coefficient (Wildman–Crippen LogP) is 5.94. The Kier molecular flexibility index (Phi) is 11.2. The number of para-hydroxylation sites is 1. The van der Waals surface area contributed by atoms with Crippen molar-refractivity contribution in [1.29, 1.82) is 0 Å². The molecule has 0 N–H and O–H groups in total. The number of aromatic nitrogens is 4. The third-order valence-electron chi connectivity index (χ3n) is 7.84. The van der Waals surface area contributed by atoms with Crippen LogP contribution in [-0.4, -0.2) is 71.4 Å². The summed E-state index contributed by atoms with van der Waals surface area (Å²) >= 11 is 6.29. The molecular weight excluding hydrogens is 625 g/mol. The third-order valence-corrected chi connectivity index (χ3v) is 8.12. The number of hydrogen-bond donors (Lipinski definition) is 0. The maximum Gasteiger partial charge on any atom is 0.328 e. The highest BCUT2D eigenvalue weighted by molar-refractivity contribution is 6.33. The van der Waals surface area contributed by atoms with E-state index in [1.807, 2.05) is 36.9 Å². The van der Waals surface area contributed by atoms with Crippen LogP contribution < -0.4 is 9.80 Å². The van der Waals surface area contributed by atoms with Crippen LogP contribution in [0.4, 0.5) is 24.7 Å². The molecule has 5 rings (SSSR count). The molecule has 0 spiro atoms. The van der Waals surface area contributed by atoms with E-state index in [1.165, 1.54) is 30.0 Å². The van der Waals surface area contributed by atoms with Crippen LogP contribution in [0.3, 0.4) is 0 Å². The molecule has 2 aromatic carbocycles. The number of piperidine rings is 1. The minimum Gasteiger partial charge on any atom is -0.467 e. The summed E-state index contributed by atoms with van der Waals surface area (Å²) in [5.41, 5.74) is 2.20. The Labute approximate surface area is 270 Å². The number of carbonyl (C=O) groups excluding carboxylic acids is 2. The lowest BCUT2D eigenvalue weighted by atomic mass is 9.98. The number of methoxy groups -OCH3 is 2. The van der Waals surface area contributed by atoms with Crippen LogP contribution in [0.15, 0.2) is 36.7 Å². The summed E-state index contributed by atoms with van der Waals surface area (Å²) in [6.07, 6.45) is 3.14. The lowest BCUT2D eigenvalue weighted by Gasteiger charge is -2.33. The number of rotatable bonds is 7. The second kappa shape index (κ2) is 14.9. The van der Waals surface area contributed by atoms with Gasteiger partial charge in [-0.2, -0.15) is 19.6 Å². The highest BCUT2D eigenvalue weighted by atomic mass is 35.5. The largest absolute Gasteiger partial charge is 0.467 e. The van der Waals surface area contributed by atoms with Gasteiger partial charge in [0, 0.05) is 32.3 Å². The van der Waals surface area contributed by atoms with Gasteiger partial charge in [-0.3, -0.25) is 9.69 Å². The van der Waals surface area contributed by atoms with Crippen molar-refractivity contribution >= 4 is 40.8 Å². The number of carbonyl (C=O) groups is 2. The monoisotopic (exact) mass is 660 g/mol. The first-order chi connectivity index (χ1) is 21.9. The van der Waals surface area contributed by atoms with Gasteiger partial charge >= 0.3 is 5.97 Å². The topological polar surface area (TPSA) is 102 Å². The summed E-state index contributed by atoms with van der Waals surface area (Å²) < 4.78 is 53.4. The number of fused-ring (bicyclic) bond motifs is 1. The zero-order valence-electron chi connectivity index (χ0n) is 26.5. The number of halogens is 4. The molecule has 1 aliphatic heterocycles. The predicted molar refractivity (Wildman–Crippen MR) is 168 cm³/mol. The van der Waals surface area contributed by atoms with E-state index in [0.29, 0.717) is 37.0 Å². The van der Waals surface area contributed by atoms with Crippen molar-refractivity contribution < 1.29 is 32.2 Å². The van der Waals surface area contributed by atoms with Crippen molar-refractivity contribution in [1.82, 2.24) is 19.6 Å². The molecule has 0 bridgehead atoms. The molecule has 1 aliphatic rings. The Morgan fingerprint density at radius 1 is 1.07 bits per heavy atom. The highest BCUT2D eigenvalue weighted by Gasteiger charge is 2.31. The average molecular weight is 661 g/mol.